The highest BCUT2D eigenvalue weighted by molar-refractivity contribution is 7.21. The summed E-state index contributed by atoms with van der Waals surface area (Å²) in [6.45, 7) is 3.64. The molecule has 3 rings (SSSR count). The van der Waals surface area contributed by atoms with Crippen LogP contribution in [-0.4, -0.2) is 40.6 Å². The van der Waals surface area contributed by atoms with Crippen molar-refractivity contribution in [1.29, 1.82) is 0 Å². The zero-order chi connectivity index (χ0) is 21.7. The number of benzene rings is 1. The Bertz CT molecular complexity index is 1080. The number of aryl methyl sites for hydroxylation is 2. The average Bonchev–Trinajstić information content (AvgIpc) is 3.18. The highest BCUT2D eigenvalue weighted by Gasteiger charge is 2.22. The minimum atomic E-state index is -1.33. The highest BCUT2D eigenvalue weighted by Crippen LogP contribution is 2.28. The third-order valence-corrected chi connectivity index (χ3v) is 5.78. The molecule has 0 aliphatic heterocycles. The Balaban J connectivity index is 1.57. The van der Waals surface area contributed by atoms with E-state index in [1.165, 1.54) is 11.3 Å². The first-order valence-corrected chi connectivity index (χ1v) is 10.0. The molecule has 30 heavy (non-hydrogen) atoms. The Kier molecular flexibility index (Phi) is 6.63. The lowest BCUT2D eigenvalue weighted by Gasteiger charge is -2.15. The fraction of sp³-hybridized carbons (Fsp3) is 0.238. The summed E-state index contributed by atoms with van der Waals surface area (Å²) in [5.74, 6) is -1.71. The molecule has 0 fully saturated rings. The number of hydrogen-bond donors (Lipinski definition) is 3. The minimum absolute atomic E-state index is 0.0128. The Morgan fingerprint density at radius 3 is 2.63 bits per heavy atom. The number of carbonyl (C=O) groups excluding carboxylic acids is 2. The lowest BCUT2D eigenvalue weighted by atomic mass is 10.2. The Hall–Kier alpha value is -3.46. The Labute approximate surface area is 176 Å². The first-order valence-electron chi connectivity index (χ1n) is 9.19. The maximum atomic E-state index is 12.5. The van der Waals surface area contributed by atoms with Gasteiger partial charge in [-0.2, -0.15) is 0 Å². The lowest BCUT2D eigenvalue weighted by molar-refractivity contribution is -0.139. The van der Waals surface area contributed by atoms with E-state index in [9.17, 15) is 19.5 Å². The summed E-state index contributed by atoms with van der Waals surface area (Å²) in [5, 5.41) is 14.1. The van der Waals surface area contributed by atoms with Crippen molar-refractivity contribution in [1.82, 2.24) is 15.6 Å². The number of rotatable bonds is 7. The summed E-state index contributed by atoms with van der Waals surface area (Å²) >= 11 is 1.29. The number of hydrogen-bond acceptors (Lipinski definition) is 6. The van der Waals surface area contributed by atoms with Crippen molar-refractivity contribution in [2.24, 2.45) is 0 Å². The second-order valence-electron chi connectivity index (χ2n) is 6.70. The van der Waals surface area contributed by atoms with Gasteiger partial charge in [-0.1, -0.05) is 30.3 Å². The smallest absolute Gasteiger partial charge is 0.408 e. The predicted molar refractivity (Wildman–Crippen MR) is 113 cm³/mol. The number of fused-ring (bicyclic) bond motifs is 1. The van der Waals surface area contributed by atoms with Crippen molar-refractivity contribution < 1.29 is 24.2 Å². The van der Waals surface area contributed by atoms with Gasteiger partial charge >= 0.3 is 12.1 Å². The van der Waals surface area contributed by atoms with Crippen molar-refractivity contribution in [3.63, 3.8) is 0 Å². The van der Waals surface area contributed by atoms with Crippen LogP contribution in [0.1, 0.15) is 26.4 Å². The monoisotopic (exact) mass is 427 g/mol. The van der Waals surface area contributed by atoms with Gasteiger partial charge in [0.2, 0.25) is 0 Å². The third-order valence-electron chi connectivity index (χ3n) is 4.54. The maximum absolute atomic E-state index is 12.5. The van der Waals surface area contributed by atoms with Crippen LogP contribution >= 0.6 is 11.3 Å². The second kappa shape index (κ2) is 9.36. The van der Waals surface area contributed by atoms with Gasteiger partial charge in [0.15, 0.2) is 0 Å². The average molecular weight is 427 g/mol. The first kappa shape index (κ1) is 21.3. The molecule has 0 radical (unpaired) electrons. The minimum Gasteiger partial charge on any atom is -0.480 e. The number of carboxylic acid groups (broad SMARTS) is 1. The number of alkyl carbamates (subject to hydrolysis) is 1. The Morgan fingerprint density at radius 1 is 1.20 bits per heavy atom. The SMILES string of the molecule is Cc1cnc2cc(C(=O)NCC(NC(=O)OCc3ccccc3)C(=O)O)sc2c1C. The van der Waals surface area contributed by atoms with Crippen LogP contribution in [0.5, 0.6) is 0 Å². The van der Waals surface area contributed by atoms with Gasteiger partial charge in [0.25, 0.3) is 5.91 Å². The molecule has 1 atom stereocenters. The van der Waals surface area contributed by atoms with Crippen LogP contribution in [0, 0.1) is 13.8 Å². The number of ether oxygens (including phenoxy) is 1. The molecule has 0 saturated heterocycles. The van der Waals surface area contributed by atoms with Gasteiger partial charge in [-0.25, -0.2) is 9.59 Å². The highest BCUT2D eigenvalue weighted by atomic mass is 32.1. The molecule has 2 amide bonds. The van der Waals surface area contributed by atoms with Crippen LogP contribution in [0.25, 0.3) is 10.2 Å². The van der Waals surface area contributed by atoms with Gasteiger partial charge in [-0.05, 0) is 36.6 Å². The molecule has 8 nitrogen and oxygen atoms in total. The van der Waals surface area contributed by atoms with E-state index in [4.69, 9.17) is 4.74 Å². The molecule has 0 aliphatic rings. The number of aliphatic carboxylic acids is 1. The summed E-state index contributed by atoms with van der Waals surface area (Å²) in [6, 6.07) is 9.35. The molecule has 3 aromatic rings. The van der Waals surface area contributed by atoms with E-state index in [-0.39, 0.29) is 13.2 Å². The van der Waals surface area contributed by atoms with E-state index in [2.05, 4.69) is 15.6 Å². The zero-order valence-electron chi connectivity index (χ0n) is 16.5. The summed E-state index contributed by atoms with van der Waals surface area (Å²) in [5.41, 5.74) is 3.57. The molecule has 9 heteroatoms. The molecule has 2 heterocycles. The van der Waals surface area contributed by atoms with Gasteiger partial charge in [0, 0.05) is 12.7 Å². The molecular formula is C21H21N3O5S. The third kappa shape index (κ3) is 5.12. The van der Waals surface area contributed by atoms with E-state index < -0.39 is 24.0 Å². The summed E-state index contributed by atoms with van der Waals surface area (Å²) < 4.78 is 5.95. The number of aromatic nitrogens is 1. The van der Waals surface area contributed by atoms with Gasteiger partial charge in [0.05, 0.1) is 15.1 Å². The molecule has 0 bridgehead atoms. The summed E-state index contributed by atoms with van der Waals surface area (Å²) in [7, 11) is 0. The lowest BCUT2D eigenvalue weighted by Crippen LogP contribution is -2.48. The van der Waals surface area contributed by atoms with E-state index in [1.54, 1.807) is 36.5 Å². The molecule has 0 spiro atoms. The molecule has 0 aliphatic carbocycles. The molecule has 1 aromatic carbocycles. The van der Waals surface area contributed by atoms with Crippen molar-refractivity contribution in [2.45, 2.75) is 26.5 Å². The Morgan fingerprint density at radius 2 is 1.93 bits per heavy atom. The zero-order valence-corrected chi connectivity index (χ0v) is 17.3. The summed E-state index contributed by atoms with van der Waals surface area (Å²) in [6.07, 6.45) is 0.870. The fourth-order valence-electron chi connectivity index (χ4n) is 2.69. The van der Waals surface area contributed by atoms with Crippen LogP contribution < -0.4 is 10.6 Å². The largest absolute Gasteiger partial charge is 0.480 e. The van der Waals surface area contributed by atoms with E-state index in [0.29, 0.717) is 10.4 Å². The number of carbonyl (C=O) groups is 3. The van der Waals surface area contributed by atoms with Gasteiger partial charge in [-0.3, -0.25) is 9.78 Å². The van der Waals surface area contributed by atoms with Crippen LogP contribution in [0.3, 0.4) is 0 Å². The molecule has 1 unspecified atom stereocenters. The number of carboxylic acids is 1. The maximum Gasteiger partial charge on any atom is 0.408 e. The molecule has 156 valence electrons. The second-order valence-corrected chi connectivity index (χ2v) is 7.75. The van der Waals surface area contributed by atoms with Gasteiger partial charge in [0.1, 0.15) is 12.6 Å². The predicted octanol–water partition coefficient (Wildman–Crippen LogP) is 3.02. The molecule has 3 N–H and O–H groups in total. The molecular weight excluding hydrogens is 406 g/mol. The van der Waals surface area contributed by atoms with Crippen molar-refractivity contribution in [3.8, 4) is 0 Å². The van der Waals surface area contributed by atoms with E-state index >= 15 is 0 Å². The van der Waals surface area contributed by atoms with Crippen LogP contribution in [0.4, 0.5) is 4.79 Å². The number of nitrogens with zero attached hydrogens (tertiary/aromatic N) is 1. The van der Waals surface area contributed by atoms with Crippen LogP contribution in [0.2, 0.25) is 0 Å². The van der Waals surface area contributed by atoms with Crippen LogP contribution in [0.15, 0.2) is 42.6 Å². The summed E-state index contributed by atoms with van der Waals surface area (Å²) in [4.78, 5) is 40.6. The number of nitrogens with one attached hydrogen (secondary N) is 2. The van der Waals surface area contributed by atoms with E-state index in [0.717, 1.165) is 21.4 Å². The number of pyridine rings is 1. The normalized spacial score (nSPS) is 11.7. The number of amides is 2. The molecule has 2 aromatic heterocycles. The van der Waals surface area contributed by atoms with Gasteiger partial charge < -0.3 is 20.5 Å². The van der Waals surface area contributed by atoms with E-state index in [1.807, 2.05) is 19.9 Å². The fourth-order valence-corrected chi connectivity index (χ4v) is 3.77. The van der Waals surface area contributed by atoms with Crippen molar-refractivity contribution in [3.05, 3.63) is 64.2 Å². The van der Waals surface area contributed by atoms with Crippen LogP contribution in [-0.2, 0) is 16.1 Å². The quantitative estimate of drug-likeness (QED) is 0.534. The number of thiophene rings is 1. The van der Waals surface area contributed by atoms with Gasteiger partial charge in [-0.15, -0.1) is 11.3 Å². The first-order chi connectivity index (χ1) is 14.3. The standard InChI is InChI=1S/C21H21N3O5S/c1-12-9-22-15-8-17(30-18(15)13(12)2)19(25)23-10-16(20(26)27)24-21(28)29-11-14-6-4-3-5-7-14/h3-9,16H,10-11H2,1-2H3,(H,23,25)(H,24,28)(H,26,27). The molecule has 0 saturated carbocycles. The van der Waals surface area contributed by atoms with Crippen molar-refractivity contribution in [2.75, 3.05) is 6.54 Å². The van der Waals surface area contributed by atoms with Crippen molar-refractivity contribution >= 4 is 39.5 Å². The topological polar surface area (TPSA) is 118 Å².